The summed E-state index contributed by atoms with van der Waals surface area (Å²) in [7, 11) is 3.29. The van der Waals surface area contributed by atoms with Gasteiger partial charge in [-0.2, -0.15) is 0 Å². The normalized spacial score (nSPS) is 11.8. The van der Waals surface area contributed by atoms with Crippen molar-refractivity contribution in [3.8, 4) is 11.7 Å². The number of H-pyrrole nitrogens is 1. The fourth-order valence-electron chi connectivity index (χ4n) is 3.83. The molecule has 0 saturated carbocycles. The van der Waals surface area contributed by atoms with E-state index in [4.69, 9.17) is 20.6 Å². The van der Waals surface area contributed by atoms with Crippen LogP contribution in [0.5, 0.6) is 5.75 Å². The summed E-state index contributed by atoms with van der Waals surface area (Å²) in [5.74, 6) is 1.08. The van der Waals surface area contributed by atoms with Gasteiger partial charge >= 0.3 is 5.69 Å². The summed E-state index contributed by atoms with van der Waals surface area (Å²) in [5.41, 5.74) is 8.80. The highest BCUT2D eigenvalue weighted by molar-refractivity contribution is 5.94. The molecule has 180 valence electrons. The third-order valence-corrected chi connectivity index (χ3v) is 5.63. The van der Waals surface area contributed by atoms with Crippen molar-refractivity contribution in [1.82, 2.24) is 24.7 Å². The Hall–Kier alpha value is -4.31. The summed E-state index contributed by atoms with van der Waals surface area (Å²) in [4.78, 5) is 23.9. The van der Waals surface area contributed by atoms with E-state index in [0.717, 1.165) is 21.4 Å². The number of aromatic amines is 1. The average Bonchev–Trinajstić information content (AvgIpc) is 3.27. The Kier molecular flexibility index (Phi) is 7.32. The zero-order chi connectivity index (χ0) is 24.8. The Morgan fingerprint density at radius 1 is 1.11 bits per heavy atom. The molecule has 0 spiro atoms. The van der Waals surface area contributed by atoms with Crippen molar-refractivity contribution < 1.29 is 9.47 Å². The van der Waals surface area contributed by atoms with Gasteiger partial charge < -0.3 is 15.2 Å². The molecule has 2 aromatic heterocycles. The van der Waals surface area contributed by atoms with E-state index in [9.17, 15) is 4.79 Å². The zero-order valence-electron chi connectivity index (χ0n) is 19.6. The van der Waals surface area contributed by atoms with E-state index in [1.807, 2.05) is 36.4 Å². The van der Waals surface area contributed by atoms with Crippen molar-refractivity contribution >= 4 is 5.84 Å². The van der Waals surface area contributed by atoms with E-state index in [2.05, 4.69) is 26.1 Å². The van der Waals surface area contributed by atoms with Crippen molar-refractivity contribution in [2.45, 2.75) is 18.8 Å². The molecule has 1 atom stereocenters. The molecule has 0 bridgehead atoms. The van der Waals surface area contributed by atoms with Gasteiger partial charge in [0.25, 0.3) is 5.95 Å². The molecular formula is C25H27N7O3. The summed E-state index contributed by atoms with van der Waals surface area (Å²) >= 11 is 0. The minimum atomic E-state index is -0.425. The number of nitrogens with two attached hydrogens (primary N) is 1. The lowest BCUT2D eigenvalue weighted by Crippen LogP contribution is -2.18. The molecule has 10 nitrogen and oxygen atoms in total. The zero-order valence-corrected chi connectivity index (χ0v) is 19.6. The smallest absolute Gasteiger partial charge is 0.350 e. The molecule has 2 heterocycles. The third-order valence-electron chi connectivity index (χ3n) is 5.63. The Balaban J connectivity index is 1.79. The van der Waals surface area contributed by atoms with Gasteiger partial charge in [0.2, 0.25) is 0 Å². The van der Waals surface area contributed by atoms with Gasteiger partial charge in [-0.15, -0.1) is 9.78 Å². The Morgan fingerprint density at radius 2 is 1.86 bits per heavy atom. The number of nitrogens with one attached hydrogen (secondary N) is 2. The molecule has 1 unspecified atom stereocenters. The first-order chi connectivity index (χ1) is 17.0. The molecule has 4 rings (SSSR count). The highest BCUT2D eigenvalue weighted by Crippen LogP contribution is 2.30. The van der Waals surface area contributed by atoms with Crippen LogP contribution in [0.25, 0.3) is 5.95 Å². The number of methoxy groups -OCH3 is 2. The lowest BCUT2D eigenvalue weighted by atomic mass is 9.89. The highest BCUT2D eigenvalue weighted by atomic mass is 16.5. The molecule has 0 amide bonds. The first-order valence-electron chi connectivity index (χ1n) is 11.0. The first kappa shape index (κ1) is 23.8. The van der Waals surface area contributed by atoms with E-state index in [0.29, 0.717) is 36.6 Å². The van der Waals surface area contributed by atoms with Gasteiger partial charge in [0.1, 0.15) is 17.4 Å². The third kappa shape index (κ3) is 5.61. The summed E-state index contributed by atoms with van der Waals surface area (Å²) < 4.78 is 12.0. The summed E-state index contributed by atoms with van der Waals surface area (Å²) in [5, 5.41) is 12.2. The van der Waals surface area contributed by atoms with Crippen molar-refractivity contribution in [1.29, 1.82) is 5.41 Å². The van der Waals surface area contributed by atoms with Crippen molar-refractivity contribution in [3.63, 3.8) is 0 Å². The predicted octanol–water partition coefficient (Wildman–Crippen LogP) is 2.21. The van der Waals surface area contributed by atoms with E-state index in [1.54, 1.807) is 32.7 Å². The predicted molar refractivity (Wildman–Crippen MR) is 131 cm³/mol. The van der Waals surface area contributed by atoms with Crippen molar-refractivity contribution in [2.24, 2.45) is 5.73 Å². The van der Waals surface area contributed by atoms with Crippen LogP contribution in [0.2, 0.25) is 0 Å². The molecule has 0 saturated heterocycles. The van der Waals surface area contributed by atoms with Crippen LogP contribution in [-0.4, -0.2) is 51.4 Å². The second kappa shape index (κ2) is 10.7. The Labute approximate surface area is 202 Å². The SMILES string of the molecule is COCCc1cc(OC)cc(C(Cc2ccc(C(=N)N)cc2)c2nn(-c3ncccn3)c(=O)[nH]2)c1. The van der Waals surface area contributed by atoms with Crippen LogP contribution in [-0.2, 0) is 17.6 Å². The van der Waals surface area contributed by atoms with E-state index in [1.165, 1.54) is 0 Å². The second-order valence-corrected chi connectivity index (χ2v) is 8.00. The van der Waals surface area contributed by atoms with E-state index in [-0.39, 0.29) is 17.7 Å². The summed E-state index contributed by atoms with van der Waals surface area (Å²) in [6.07, 6.45) is 4.36. The van der Waals surface area contributed by atoms with Crippen LogP contribution in [0.15, 0.2) is 65.7 Å². The second-order valence-electron chi connectivity index (χ2n) is 8.00. The maximum Gasteiger partial charge on any atom is 0.350 e. The van der Waals surface area contributed by atoms with Gasteiger partial charge in [-0.3, -0.25) is 10.4 Å². The van der Waals surface area contributed by atoms with Gasteiger partial charge in [0, 0.05) is 31.0 Å². The lowest BCUT2D eigenvalue weighted by molar-refractivity contribution is 0.202. The summed E-state index contributed by atoms with van der Waals surface area (Å²) in [6.45, 7) is 0.570. The summed E-state index contributed by atoms with van der Waals surface area (Å²) in [6, 6.07) is 15.1. The molecule has 0 aliphatic heterocycles. The maximum atomic E-state index is 12.8. The topological polar surface area (TPSA) is 145 Å². The number of aromatic nitrogens is 5. The van der Waals surface area contributed by atoms with Gasteiger partial charge in [-0.05, 0) is 47.7 Å². The largest absolute Gasteiger partial charge is 0.497 e. The van der Waals surface area contributed by atoms with Crippen molar-refractivity contribution in [3.05, 3.63) is 99.5 Å². The van der Waals surface area contributed by atoms with Crippen LogP contribution in [0, 0.1) is 5.41 Å². The average molecular weight is 474 g/mol. The van der Waals surface area contributed by atoms with Crippen molar-refractivity contribution in [2.75, 3.05) is 20.8 Å². The van der Waals surface area contributed by atoms with E-state index >= 15 is 0 Å². The number of ether oxygens (including phenoxy) is 2. The number of hydrogen-bond acceptors (Lipinski definition) is 7. The number of nitrogen functional groups attached to an aromatic ring is 1. The monoisotopic (exact) mass is 473 g/mol. The standard InChI is InChI=1S/C25H27N7O3/c1-34-11-8-17-12-19(15-20(13-17)35-2)21(14-16-4-6-18(7-5-16)22(26)27)23-30-25(33)32(31-23)24-28-9-3-10-29-24/h3-7,9-10,12-13,15,21H,8,11,14H2,1-2H3,(H3,26,27)(H,30,31,33). The quantitative estimate of drug-likeness (QED) is 0.236. The van der Waals surface area contributed by atoms with Crippen LogP contribution in [0.4, 0.5) is 0 Å². The molecule has 4 aromatic rings. The van der Waals surface area contributed by atoms with Gasteiger partial charge in [-0.25, -0.2) is 14.8 Å². The van der Waals surface area contributed by atoms with Crippen LogP contribution in [0.1, 0.15) is 34.0 Å². The molecule has 0 radical (unpaired) electrons. The van der Waals surface area contributed by atoms with E-state index < -0.39 is 5.69 Å². The molecule has 0 aliphatic carbocycles. The molecule has 4 N–H and O–H groups in total. The van der Waals surface area contributed by atoms with Crippen LogP contribution in [0.3, 0.4) is 0 Å². The number of nitrogens with zero attached hydrogens (tertiary/aromatic N) is 4. The number of rotatable bonds is 10. The molecule has 0 fully saturated rings. The van der Waals surface area contributed by atoms with Gasteiger partial charge in [0.15, 0.2) is 0 Å². The minimum Gasteiger partial charge on any atom is -0.497 e. The van der Waals surface area contributed by atoms with Gasteiger partial charge in [-0.1, -0.05) is 30.3 Å². The van der Waals surface area contributed by atoms with Crippen LogP contribution < -0.4 is 16.2 Å². The number of benzene rings is 2. The fourth-order valence-corrected chi connectivity index (χ4v) is 3.83. The maximum absolute atomic E-state index is 12.8. The first-order valence-corrected chi connectivity index (χ1v) is 11.0. The lowest BCUT2D eigenvalue weighted by Gasteiger charge is -2.18. The number of hydrogen-bond donors (Lipinski definition) is 3. The Bertz CT molecular complexity index is 1350. The Morgan fingerprint density at radius 3 is 2.51 bits per heavy atom. The molecule has 10 heteroatoms. The molecule has 0 aliphatic rings. The number of amidine groups is 1. The fraction of sp³-hybridized carbons (Fsp3) is 0.240. The highest BCUT2D eigenvalue weighted by Gasteiger charge is 2.23. The van der Waals surface area contributed by atoms with Gasteiger partial charge in [0.05, 0.1) is 13.7 Å². The molecular weight excluding hydrogens is 446 g/mol. The molecule has 2 aromatic carbocycles. The molecule has 35 heavy (non-hydrogen) atoms. The minimum absolute atomic E-state index is 0.00890. The van der Waals surface area contributed by atoms with Crippen LogP contribution >= 0.6 is 0 Å².